The summed E-state index contributed by atoms with van der Waals surface area (Å²) >= 11 is 0. The number of aliphatic hydroxyl groups is 1. The van der Waals surface area contributed by atoms with Crippen LogP contribution in [0, 0.1) is 0 Å². The standard InChI is InChI=1S/C18H17NO4/c1-23-16(20)11-18(22)14-9-5-6-10-15(14)19(17(18)21)12-13-7-3-2-4-8-13/h2-10,22H,11-12H2,1H3/t18-/m1/s1. The Morgan fingerprint density at radius 3 is 2.48 bits per heavy atom. The summed E-state index contributed by atoms with van der Waals surface area (Å²) in [6, 6.07) is 16.5. The number of ether oxygens (including phenoxy) is 1. The fourth-order valence-corrected chi connectivity index (χ4v) is 2.88. The van der Waals surface area contributed by atoms with Gasteiger partial charge in [-0.15, -0.1) is 0 Å². The maximum absolute atomic E-state index is 12.8. The van der Waals surface area contributed by atoms with Gasteiger partial charge in [-0.3, -0.25) is 9.59 Å². The van der Waals surface area contributed by atoms with Crippen molar-refractivity contribution in [1.29, 1.82) is 0 Å². The lowest BCUT2D eigenvalue weighted by Gasteiger charge is -2.22. The zero-order valence-electron chi connectivity index (χ0n) is 12.7. The van der Waals surface area contributed by atoms with Crippen LogP contribution in [0.1, 0.15) is 17.5 Å². The van der Waals surface area contributed by atoms with Crippen LogP contribution in [-0.4, -0.2) is 24.1 Å². The fourth-order valence-electron chi connectivity index (χ4n) is 2.88. The number of rotatable bonds is 4. The van der Waals surface area contributed by atoms with E-state index in [2.05, 4.69) is 4.74 Å². The molecule has 1 aliphatic rings. The third-order valence-corrected chi connectivity index (χ3v) is 4.05. The molecule has 1 amide bonds. The highest BCUT2D eigenvalue weighted by Crippen LogP contribution is 2.43. The number of nitrogens with zero attached hydrogens (tertiary/aromatic N) is 1. The summed E-state index contributed by atoms with van der Waals surface area (Å²) in [4.78, 5) is 26.0. The Hall–Kier alpha value is -2.66. The first kappa shape index (κ1) is 15.2. The average molecular weight is 311 g/mol. The van der Waals surface area contributed by atoms with Gasteiger partial charge in [0.05, 0.1) is 25.8 Å². The number of esters is 1. The number of para-hydroxylation sites is 1. The van der Waals surface area contributed by atoms with E-state index >= 15 is 0 Å². The molecule has 118 valence electrons. The van der Waals surface area contributed by atoms with E-state index in [4.69, 9.17) is 0 Å². The number of hydrogen-bond acceptors (Lipinski definition) is 4. The number of fused-ring (bicyclic) bond motifs is 1. The van der Waals surface area contributed by atoms with Crippen molar-refractivity contribution in [3.8, 4) is 0 Å². The van der Waals surface area contributed by atoms with E-state index in [9.17, 15) is 14.7 Å². The predicted octanol–water partition coefficient (Wildman–Crippen LogP) is 1.98. The monoisotopic (exact) mass is 311 g/mol. The molecule has 3 rings (SSSR count). The first-order valence-electron chi connectivity index (χ1n) is 7.31. The summed E-state index contributed by atoms with van der Waals surface area (Å²) in [6.45, 7) is 0.334. The van der Waals surface area contributed by atoms with Crippen molar-refractivity contribution in [3.63, 3.8) is 0 Å². The van der Waals surface area contributed by atoms with Crippen molar-refractivity contribution < 1.29 is 19.4 Å². The van der Waals surface area contributed by atoms with Gasteiger partial charge in [-0.2, -0.15) is 0 Å². The first-order valence-corrected chi connectivity index (χ1v) is 7.31. The van der Waals surface area contributed by atoms with Crippen molar-refractivity contribution in [3.05, 3.63) is 65.7 Å². The Labute approximate surface area is 134 Å². The van der Waals surface area contributed by atoms with Crippen molar-refractivity contribution in [2.24, 2.45) is 0 Å². The Morgan fingerprint density at radius 1 is 1.13 bits per heavy atom. The number of carbonyl (C=O) groups is 2. The molecule has 0 saturated heterocycles. The molecule has 0 unspecified atom stereocenters. The molecule has 1 N–H and O–H groups in total. The number of amides is 1. The predicted molar refractivity (Wildman–Crippen MR) is 84.6 cm³/mol. The van der Waals surface area contributed by atoms with Gasteiger partial charge in [-0.05, 0) is 11.6 Å². The molecule has 0 spiro atoms. The minimum Gasteiger partial charge on any atom is -0.469 e. The average Bonchev–Trinajstić information content (AvgIpc) is 2.78. The van der Waals surface area contributed by atoms with Gasteiger partial charge in [0.25, 0.3) is 5.91 Å². The van der Waals surface area contributed by atoms with Gasteiger partial charge in [-0.25, -0.2) is 0 Å². The van der Waals surface area contributed by atoms with Crippen LogP contribution >= 0.6 is 0 Å². The summed E-state index contributed by atoms with van der Waals surface area (Å²) in [7, 11) is 1.23. The largest absolute Gasteiger partial charge is 0.469 e. The SMILES string of the molecule is COC(=O)C[C@]1(O)C(=O)N(Cc2ccccc2)c2ccccc21. The van der Waals surface area contributed by atoms with Gasteiger partial charge in [0.15, 0.2) is 5.60 Å². The van der Waals surface area contributed by atoms with Crippen molar-refractivity contribution in [1.82, 2.24) is 0 Å². The van der Waals surface area contributed by atoms with Crippen LogP contribution < -0.4 is 4.90 Å². The second-order valence-corrected chi connectivity index (χ2v) is 5.51. The van der Waals surface area contributed by atoms with Crippen LogP contribution in [0.15, 0.2) is 54.6 Å². The minimum absolute atomic E-state index is 0.334. The molecule has 1 atom stereocenters. The lowest BCUT2D eigenvalue weighted by Crippen LogP contribution is -2.41. The highest BCUT2D eigenvalue weighted by Gasteiger charge is 2.51. The molecule has 0 saturated carbocycles. The van der Waals surface area contributed by atoms with Gasteiger partial charge in [0.1, 0.15) is 0 Å². The Bertz CT molecular complexity index is 744. The maximum atomic E-state index is 12.8. The zero-order chi connectivity index (χ0) is 16.4. The molecule has 2 aromatic rings. The van der Waals surface area contributed by atoms with E-state index in [0.29, 0.717) is 17.8 Å². The Morgan fingerprint density at radius 2 is 1.78 bits per heavy atom. The first-order chi connectivity index (χ1) is 11.1. The molecule has 23 heavy (non-hydrogen) atoms. The van der Waals surface area contributed by atoms with Crippen LogP contribution in [0.2, 0.25) is 0 Å². The van der Waals surface area contributed by atoms with Crippen molar-refractivity contribution in [2.75, 3.05) is 12.0 Å². The molecular formula is C18H17NO4. The quantitative estimate of drug-likeness (QED) is 0.877. The zero-order valence-corrected chi connectivity index (χ0v) is 12.7. The number of benzene rings is 2. The molecule has 0 aliphatic carbocycles. The van der Waals surface area contributed by atoms with Gasteiger partial charge in [0.2, 0.25) is 0 Å². The molecule has 0 radical (unpaired) electrons. The smallest absolute Gasteiger partial charge is 0.309 e. The molecule has 2 aromatic carbocycles. The van der Waals surface area contributed by atoms with Gasteiger partial charge in [-0.1, -0.05) is 48.5 Å². The van der Waals surface area contributed by atoms with E-state index in [0.717, 1.165) is 5.56 Å². The maximum Gasteiger partial charge on any atom is 0.309 e. The highest BCUT2D eigenvalue weighted by molar-refractivity contribution is 6.08. The summed E-state index contributed by atoms with van der Waals surface area (Å²) in [5, 5.41) is 10.9. The van der Waals surface area contributed by atoms with E-state index in [-0.39, 0.29) is 0 Å². The van der Waals surface area contributed by atoms with E-state index in [1.807, 2.05) is 30.3 Å². The van der Waals surface area contributed by atoms with Gasteiger partial charge in [0, 0.05) is 5.56 Å². The minimum atomic E-state index is -1.88. The molecular weight excluding hydrogens is 294 g/mol. The topological polar surface area (TPSA) is 66.8 Å². The van der Waals surface area contributed by atoms with Crippen LogP contribution in [0.25, 0.3) is 0 Å². The van der Waals surface area contributed by atoms with Gasteiger partial charge >= 0.3 is 5.97 Å². The van der Waals surface area contributed by atoms with Crippen molar-refractivity contribution >= 4 is 17.6 Å². The van der Waals surface area contributed by atoms with Gasteiger partial charge < -0.3 is 14.7 Å². The van der Waals surface area contributed by atoms with E-state index in [1.165, 1.54) is 12.0 Å². The molecule has 0 aromatic heterocycles. The molecule has 0 bridgehead atoms. The van der Waals surface area contributed by atoms with Crippen LogP contribution in [0.4, 0.5) is 5.69 Å². The Kier molecular flexibility index (Phi) is 3.88. The molecule has 0 fully saturated rings. The van der Waals surface area contributed by atoms with Crippen LogP contribution in [0.5, 0.6) is 0 Å². The van der Waals surface area contributed by atoms with E-state index in [1.54, 1.807) is 24.3 Å². The lowest BCUT2D eigenvalue weighted by atomic mass is 9.92. The normalized spacial score (nSPS) is 19.6. The second-order valence-electron chi connectivity index (χ2n) is 5.51. The molecule has 5 heteroatoms. The number of carbonyl (C=O) groups excluding carboxylic acids is 2. The summed E-state index contributed by atoms with van der Waals surface area (Å²) in [6.07, 6.45) is -0.398. The van der Waals surface area contributed by atoms with Crippen LogP contribution in [-0.2, 0) is 26.5 Å². The van der Waals surface area contributed by atoms with Crippen LogP contribution in [0.3, 0.4) is 0 Å². The lowest BCUT2D eigenvalue weighted by molar-refractivity contribution is -0.153. The summed E-state index contributed by atoms with van der Waals surface area (Å²) in [5.41, 5.74) is 0.121. The number of anilines is 1. The molecule has 1 heterocycles. The highest BCUT2D eigenvalue weighted by atomic mass is 16.5. The molecule has 5 nitrogen and oxygen atoms in total. The second kappa shape index (κ2) is 5.85. The third-order valence-electron chi connectivity index (χ3n) is 4.05. The Balaban J connectivity index is 2.00. The van der Waals surface area contributed by atoms with E-state index < -0.39 is 23.9 Å². The van der Waals surface area contributed by atoms with Crippen molar-refractivity contribution in [2.45, 2.75) is 18.6 Å². The third kappa shape index (κ3) is 2.59. The molecule has 1 aliphatic heterocycles. The summed E-state index contributed by atoms with van der Waals surface area (Å²) in [5.74, 6) is -1.13. The summed E-state index contributed by atoms with van der Waals surface area (Å²) < 4.78 is 4.62. The number of methoxy groups -OCH3 is 1. The number of hydrogen-bond donors (Lipinski definition) is 1. The fraction of sp³-hybridized carbons (Fsp3) is 0.222.